The van der Waals surface area contributed by atoms with E-state index in [0.29, 0.717) is 0 Å². The fraction of sp³-hybridized carbons (Fsp3) is 0.429. The molecule has 1 rings (SSSR count). The maximum absolute atomic E-state index is 11.9. The van der Waals surface area contributed by atoms with Gasteiger partial charge >= 0.3 is 4.88 Å². The van der Waals surface area contributed by atoms with E-state index < -0.39 is 4.88 Å². The molecular formula is C14H19BrN2O3. The quantitative estimate of drug-likeness (QED) is 0.807. The fourth-order valence-corrected chi connectivity index (χ4v) is 1.95. The number of benzene rings is 1. The number of ether oxygens (including phenoxy) is 1. The number of halogens is 1. The van der Waals surface area contributed by atoms with Crippen molar-refractivity contribution in [2.75, 3.05) is 12.4 Å². The number of aryl methyl sites for hydroxylation is 2. The van der Waals surface area contributed by atoms with Crippen LogP contribution in [0.4, 0.5) is 10.5 Å². The highest BCUT2D eigenvalue weighted by molar-refractivity contribution is 9.18. The average molecular weight is 343 g/mol. The molecule has 2 N–H and O–H groups in total. The minimum absolute atomic E-state index is 0.0849. The lowest BCUT2D eigenvalue weighted by Crippen LogP contribution is -2.35. The van der Waals surface area contributed by atoms with E-state index >= 15 is 0 Å². The SMILES string of the molecule is CNC(C)C(=O)Nc1c(C)cc(COC(=O)Br)cc1C. The first-order chi connectivity index (χ1) is 9.35. The molecule has 1 unspecified atom stereocenters. The zero-order chi connectivity index (χ0) is 15.3. The van der Waals surface area contributed by atoms with Gasteiger partial charge in [-0.2, -0.15) is 0 Å². The number of nitrogens with one attached hydrogen (secondary N) is 2. The van der Waals surface area contributed by atoms with Gasteiger partial charge in [-0.15, -0.1) is 0 Å². The number of anilines is 1. The van der Waals surface area contributed by atoms with Gasteiger partial charge in [-0.05, 0) is 44.5 Å². The topological polar surface area (TPSA) is 67.4 Å². The molecule has 5 nitrogen and oxygen atoms in total. The van der Waals surface area contributed by atoms with E-state index in [2.05, 4.69) is 26.6 Å². The van der Waals surface area contributed by atoms with Crippen LogP contribution in [0.25, 0.3) is 0 Å². The molecule has 0 aliphatic rings. The maximum atomic E-state index is 11.9. The Kier molecular flexibility index (Phi) is 6.16. The highest BCUT2D eigenvalue weighted by Crippen LogP contribution is 2.23. The third kappa shape index (κ3) is 4.61. The second-order valence-electron chi connectivity index (χ2n) is 4.63. The molecule has 110 valence electrons. The third-order valence-electron chi connectivity index (χ3n) is 3.02. The van der Waals surface area contributed by atoms with Crippen LogP contribution in [0.3, 0.4) is 0 Å². The molecule has 0 aliphatic heterocycles. The van der Waals surface area contributed by atoms with Crippen LogP contribution in [0.1, 0.15) is 23.6 Å². The molecule has 20 heavy (non-hydrogen) atoms. The molecule has 1 aromatic carbocycles. The number of rotatable bonds is 5. The molecule has 0 radical (unpaired) electrons. The number of likely N-dealkylation sites (N-methyl/N-ethyl adjacent to an activating group) is 1. The van der Waals surface area contributed by atoms with Crippen molar-refractivity contribution in [3.8, 4) is 0 Å². The Labute approximate surface area is 127 Å². The predicted octanol–water partition coefficient (Wildman–Crippen LogP) is 2.88. The van der Waals surface area contributed by atoms with Gasteiger partial charge in [-0.1, -0.05) is 12.1 Å². The zero-order valence-corrected chi connectivity index (χ0v) is 13.6. The molecule has 1 aromatic rings. The summed E-state index contributed by atoms with van der Waals surface area (Å²) in [6, 6.07) is 3.52. The Balaban J connectivity index is 2.89. The largest absolute Gasteiger partial charge is 0.452 e. The zero-order valence-electron chi connectivity index (χ0n) is 12.0. The summed E-state index contributed by atoms with van der Waals surface area (Å²) in [5.74, 6) is -0.0849. The lowest BCUT2D eigenvalue weighted by molar-refractivity contribution is -0.117. The summed E-state index contributed by atoms with van der Waals surface area (Å²) in [7, 11) is 1.74. The fourth-order valence-electron chi connectivity index (χ4n) is 1.84. The lowest BCUT2D eigenvalue weighted by atomic mass is 10.0. The number of hydrogen-bond donors (Lipinski definition) is 2. The van der Waals surface area contributed by atoms with Gasteiger partial charge in [0.05, 0.1) is 6.04 Å². The first kappa shape index (κ1) is 16.7. The van der Waals surface area contributed by atoms with E-state index in [1.807, 2.05) is 26.0 Å². The van der Waals surface area contributed by atoms with Crippen molar-refractivity contribution in [2.24, 2.45) is 0 Å². The molecule has 0 heterocycles. The van der Waals surface area contributed by atoms with E-state index in [4.69, 9.17) is 4.74 Å². The third-order valence-corrected chi connectivity index (χ3v) is 3.25. The Hall–Kier alpha value is -1.40. The van der Waals surface area contributed by atoms with Gasteiger partial charge in [-0.3, -0.25) is 4.79 Å². The van der Waals surface area contributed by atoms with Gasteiger partial charge in [0, 0.05) is 21.6 Å². The normalized spacial score (nSPS) is 11.8. The molecule has 6 heteroatoms. The number of carbonyl (C=O) groups is 2. The van der Waals surface area contributed by atoms with Crippen LogP contribution < -0.4 is 10.6 Å². The second kappa shape index (κ2) is 7.40. The van der Waals surface area contributed by atoms with Gasteiger partial charge in [0.15, 0.2) is 0 Å². The van der Waals surface area contributed by atoms with E-state index in [0.717, 1.165) is 22.4 Å². The van der Waals surface area contributed by atoms with Crippen LogP contribution in [0.2, 0.25) is 0 Å². The minimum atomic E-state index is -0.493. The van der Waals surface area contributed by atoms with Crippen LogP contribution in [0, 0.1) is 13.8 Å². The molecular weight excluding hydrogens is 324 g/mol. The van der Waals surface area contributed by atoms with Crippen molar-refractivity contribution in [1.29, 1.82) is 0 Å². The Morgan fingerprint density at radius 3 is 2.30 bits per heavy atom. The summed E-state index contributed by atoms with van der Waals surface area (Å²) < 4.78 is 4.89. The van der Waals surface area contributed by atoms with Crippen LogP contribution in [0.15, 0.2) is 12.1 Å². The van der Waals surface area contributed by atoms with Crippen LogP contribution >= 0.6 is 15.9 Å². The molecule has 1 amide bonds. The van der Waals surface area contributed by atoms with Crippen molar-refractivity contribution in [2.45, 2.75) is 33.4 Å². The van der Waals surface area contributed by atoms with Crippen LogP contribution in [0.5, 0.6) is 0 Å². The number of hydrogen-bond acceptors (Lipinski definition) is 4. The van der Waals surface area contributed by atoms with Crippen molar-refractivity contribution >= 4 is 32.4 Å². The lowest BCUT2D eigenvalue weighted by Gasteiger charge is -2.16. The monoisotopic (exact) mass is 342 g/mol. The van der Waals surface area contributed by atoms with Crippen molar-refractivity contribution in [1.82, 2.24) is 5.32 Å². The van der Waals surface area contributed by atoms with Gasteiger partial charge in [0.1, 0.15) is 6.61 Å². The Bertz CT molecular complexity index is 494. The summed E-state index contributed by atoms with van der Waals surface area (Å²) in [4.78, 5) is 22.1. The molecule has 0 saturated heterocycles. The summed E-state index contributed by atoms with van der Waals surface area (Å²) >= 11 is 2.71. The summed E-state index contributed by atoms with van der Waals surface area (Å²) in [5, 5.41) is 5.80. The van der Waals surface area contributed by atoms with E-state index in [1.54, 1.807) is 14.0 Å². The van der Waals surface area contributed by atoms with Crippen molar-refractivity contribution in [3.05, 3.63) is 28.8 Å². The van der Waals surface area contributed by atoms with E-state index in [1.165, 1.54) is 0 Å². The highest BCUT2D eigenvalue weighted by atomic mass is 79.9. The van der Waals surface area contributed by atoms with Crippen molar-refractivity contribution in [3.63, 3.8) is 0 Å². The molecule has 0 aliphatic carbocycles. The predicted molar refractivity (Wildman–Crippen MR) is 82.2 cm³/mol. The van der Waals surface area contributed by atoms with E-state index in [-0.39, 0.29) is 18.6 Å². The van der Waals surface area contributed by atoms with Crippen LogP contribution in [-0.4, -0.2) is 23.9 Å². The van der Waals surface area contributed by atoms with Gasteiger partial charge in [0.25, 0.3) is 0 Å². The summed E-state index contributed by atoms with van der Waals surface area (Å²) in [5.41, 5.74) is 3.54. The minimum Gasteiger partial charge on any atom is -0.452 e. The molecule has 0 aromatic heterocycles. The smallest absolute Gasteiger partial charge is 0.374 e. The summed E-state index contributed by atoms with van der Waals surface area (Å²) in [6.45, 7) is 5.81. The van der Waals surface area contributed by atoms with Gasteiger partial charge in [0.2, 0.25) is 5.91 Å². The van der Waals surface area contributed by atoms with Gasteiger partial charge in [-0.25, -0.2) is 4.79 Å². The molecule has 1 atom stereocenters. The molecule has 0 bridgehead atoms. The average Bonchev–Trinajstić information content (AvgIpc) is 2.39. The maximum Gasteiger partial charge on any atom is 0.374 e. The van der Waals surface area contributed by atoms with Crippen molar-refractivity contribution < 1.29 is 14.3 Å². The molecule has 0 saturated carbocycles. The number of amides is 1. The van der Waals surface area contributed by atoms with Crippen LogP contribution in [-0.2, 0) is 16.1 Å². The first-order valence-corrected chi connectivity index (χ1v) is 7.05. The standard InChI is InChI=1S/C14H19BrN2O3/c1-8-5-11(7-20-14(15)19)6-9(2)12(8)17-13(18)10(3)16-4/h5-6,10,16H,7H2,1-4H3,(H,17,18). The molecule has 0 fully saturated rings. The highest BCUT2D eigenvalue weighted by Gasteiger charge is 2.14. The second-order valence-corrected chi connectivity index (χ2v) is 5.28. The summed E-state index contributed by atoms with van der Waals surface area (Å²) in [6.07, 6.45) is 0. The molecule has 0 spiro atoms. The Morgan fingerprint density at radius 1 is 1.30 bits per heavy atom. The number of carbonyl (C=O) groups excluding carboxylic acids is 2. The van der Waals surface area contributed by atoms with Gasteiger partial charge < -0.3 is 15.4 Å². The van der Waals surface area contributed by atoms with E-state index in [9.17, 15) is 9.59 Å². The Morgan fingerprint density at radius 2 is 1.85 bits per heavy atom. The first-order valence-electron chi connectivity index (χ1n) is 6.25.